The molecular formula is C15H20BrNO2. The van der Waals surface area contributed by atoms with Crippen LogP contribution < -0.4 is 5.73 Å². The standard InChI is InChI=1S/C15H20BrNO2/c1-2-10-5-3-4-6-14(10)19-15(18)12-9-11(16)7-8-13(12)17/h7-10,14H,2-6,17H2,1H3. The van der Waals surface area contributed by atoms with Crippen molar-refractivity contribution in [1.29, 1.82) is 0 Å². The number of carbonyl (C=O) groups excluding carboxylic acids is 1. The third kappa shape index (κ3) is 3.50. The number of halogens is 1. The molecular weight excluding hydrogens is 306 g/mol. The molecule has 2 rings (SSSR count). The number of benzene rings is 1. The zero-order valence-corrected chi connectivity index (χ0v) is 12.8. The van der Waals surface area contributed by atoms with E-state index in [9.17, 15) is 4.79 Å². The number of carbonyl (C=O) groups is 1. The average Bonchev–Trinajstić information content (AvgIpc) is 2.42. The topological polar surface area (TPSA) is 52.3 Å². The van der Waals surface area contributed by atoms with Crippen molar-refractivity contribution in [1.82, 2.24) is 0 Å². The van der Waals surface area contributed by atoms with E-state index in [0.29, 0.717) is 17.2 Å². The van der Waals surface area contributed by atoms with Gasteiger partial charge in [0.2, 0.25) is 0 Å². The molecule has 2 atom stereocenters. The van der Waals surface area contributed by atoms with Crippen molar-refractivity contribution in [3.8, 4) is 0 Å². The second-order valence-electron chi connectivity index (χ2n) is 5.13. The van der Waals surface area contributed by atoms with Gasteiger partial charge in [0.15, 0.2) is 0 Å². The van der Waals surface area contributed by atoms with Crippen LogP contribution in [0.4, 0.5) is 5.69 Å². The Labute approximate surface area is 122 Å². The molecule has 0 bridgehead atoms. The average molecular weight is 326 g/mol. The van der Waals surface area contributed by atoms with E-state index in [0.717, 1.165) is 30.2 Å². The Balaban J connectivity index is 2.09. The van der Waals surface area contributed by atoms with Crippen LogP contribution in [0.25, 0.3) is 0 Å². The minimum Gasteiger partial charge on any atom is -0.458 e. The van der Waals surface area contributed by atoms with Gasteiger partial charge in [-0.2, -0.15) is 0 Å². The molecule has 4 heteroatoms. The predicted molar refractivity (Wildman–Crippen MR) is 80.0 cm³/mol. The quantitative estimate of drug-likeness (QED) is 0.670. The lowest BCUT2D eigenvalue weighted by atomic mass is 9.85. The lowest BCUT2D eigenvalue weighted by Crippen LogP contribution is -2.30. The Kier molecular flexibility index (Phi) is 4.86. The van der Waals surface area contributed by atoms with Gasteiger partial charge in [0.05, 0.1) is 5.56 Å². The number of esters is 1. The highest BCUT2D eigenvalue weighted by atomic mass is 79.9. The van der Waals surface area contributed by atoms with Crippen LogP contribution in [-0.2, 0) is 4.74 Å². The fraction of sp³-hybridized carbons (Fsp3) is 0.533. The highest BCUT2D eigenvalue weighted by Crippen LogP contribution is 2.30. The number of anilines is 1. The number of hydrogen-bond acceptors (Lipinski definition) is 3. The molecule has 0 heterocycles. The molecule has 1 fully saturated rings. The summed E-state index contributed by atoms with van der Waals surface area (Å²) in [4.78, 5) is 12.2. The molecule has 0 aromatic heterocycles. The predicted octanol–water partition coefficient (Wildman–Crippen LogP) is 4.16. The molecule has 0 amide bonds. The second kappa shape index (κ2) is 6.42. The van der Waals surface area contributed by atoms with Gasteiger partial charge in [-0.1, -0.05) is 29.3 Å². The molecule has 0 saturated heterocycles. The number of nitrogens with two attached hydrogens (primary N) is 1. The van der Waals surface area contributed by atoms with E-state index in [2.05, 4.69) is 22.9 Å². The molecule has 1 aliphatic carbocycles. The van der Waals surface area contributed by atoms with Crippen molar-refractivity contribution in [2.45, 2.75) is 45.1 Å². The van der Waals surface area contributed by atoms with Crippen LogP contribution in [0.5, 0.6) is 0 Å². The van der Waals surface area contributed by atoms with E-state index in [-0.39, 0.29) is 12.1 Å². The van der Waals surface area contributed by atoms with Gasteiger partial charge in [-0.05, 0) is 49.8 Å². The van der Waals surface area contributed by atoms with Crippen molar-refractivity contribution in [2.75, 3.05) is 5.73 Å². The molecule has 3 nitrogen and oxygen atoms in total. The van der Waals surface area contributed by atoms with Gasteiger partial charge < -0.3 is 10.5 Å². The number of hydrogen-bond donors (Lipinski definition) is 1. The SMILES string of the molecule is CCC1CCCCC1OC(=O)c1cc(Br)ccc1N. The largest absolute Gasteiger partial charge is 0.458 e. The minimum atomic E-state index is -0.302. The second-order valence-corrected chi connectivity index (χ2v) is 6.04. The highest BCUT2D eigenvalue weighted by molar-refractivity contribution is 9.10. The summed E-state index contributed by atoms with van der Waals surface area (Å²) in [6.07, 6.45) is 5.62. The molecule has 0 aliphatic heterocycles. The third-order valence-electron chi connectivity index (χ3n) is 3.86. The van der Waals surface area contributed by atoms with E-state index >= 15 is 0 Å². The monoisotopic (exact) mass is 325 g/mol. The van der Waals surface area contributed by atoms with E-state index < -0.39 is 0 Å². The van der Waals surface area contributed by atoms with E-state index in [1.165, 1.54) is 6.42 Å². The zero-order chi connectivity index (χ0) is 13.8. The summed E-state index contributed by atoms with van der Waals surface area (Å²) >= 11 is 3.35. The summed E-state index contributed by atoms with van der Waals surface area (Å²) in [5.74, 6) is 0.190. The van der Waals surface area contributed by atoms with Crippen LogP contribution >= 0.6 is 15.9 Å². The Morgan fingerprint density at radius 1 is 1.42 bits per heavy atom. The number of ether oxygens (including phenoxy) is 1. The van der Waals surface area contributed by atoms with Crippen LogP contribution in [0.1, 0.15) is 49.4 Å². The normalized spacial score (nSPS) is 23.1. The van der Waals surface area contributed by atoms with Gasteiger partial charge in [0.25, 0.3) is 0 Å². The molecule has 19 heavy (non-hydrogen) atoms. The fourth-order valence-corrected chi connectivity index (χ4v) is 3.06. The molecule has 2 N–H and O–H groups in total. The lowest BCUT2D eigenvalue weighted by molar-refractivity contribution is 0.000814. The van der Waals surface area contributed by atoms with Crippen molar-refractivity contribution in [3.05, 3.63) is 28.2 Å². The number of rotatable bonds is 3. The fourth-order valence-electron chi connectivity index (χ4n) is 2.70. The summed E-state index contributed by atoms with van der Waals surface area (Å²) < 4.78 is 6.51. The maximum absolute atomic E-state index is 12.2. The zero-order valence-electron chi connectivity index (χ0n) is 11.2. The molecule has 1 aliphatic rings. The smallest absolute Gasteiger partial charge is 0.340 e. The first-order chi connectivity index (χ1) is 9.11. The highest BCUT2D eigenvalue weighted by Gasteiger charge is 2.27. The summed E-state index contributed by atoms with van der Waals surface area (Å²) in [7, 11) is 0. The van der Waals surface area contributed by atoms with Gasteiger partial charge >= 0.3 is 5.97 Å². The summed E-state index contributed by atoms with van der Waals surface area (Å²) in [6.45, 7) is 2.16. The molecule has 1 saturated carbocycles. The maximum Gasteiger partial charge on any atom is 0.340 e. The van der Waals surface area contributed by atoms with Crippen LogP contribution in [0.3, 0.4) is 0 Å². The van der Waals surface area contributed by atoms with Gasteiger partial charge in [0.1, 0.15) is 6.10 Å². The molecule has 104 valence electrons. The van der Waals surface area contributed by atoms with Crippen LogP contribution in [0.15, 0.2) is 22.7 Å². The minimum absolute atomic E-state index is 0.0460. The van der Waals surface area contributed by atoms with Gasteiger partial charge in [-0.15, -0.1) is 0 Å². The Morgan fingerprint density at radius 3 is 2.89 bits per heavy atom. The Hall–Kier alpha value is -1.03. The first-order valence-corrected chi connectivity index (χ1v) is 7.67. The lowest BCUT2D eigenvalue weighted by Gasteiger charge is -2.30. The van der Waals surface area contributed by atoms with Crippen LogP contribution in [0.2, 0.25) is 0 Å². The Bertz CT molecular complexity index is 461. The summed E-state index contributed by atoms with van der Waals surface area (Å²) in [6, 6.07) is 5.27. The van der Waals surface area contributed by atoms with Crippen LogP contribution in [-0.4, -0.2) is 12.1 Å². The maximum atomic E-state index is 12.2. The first kappa shape index (κ1) is 14.4. The third-order valence-corrected chi connectivity index (χ3v) is 4.35. The van der Waals surface area contributed by atoms with Gasteiger partial charge in [0, 0.05) is 10.2 Å². The van der Waals surface area contributed by atoms with Crippen LogP contribution in [0, 0.1) is 5.92 Å². The van der Waals surface area contributed by atoms with Crippen molar-refractivity contribution >= 4 is 27.6 Å². The van der Waals surface area contributed by atoms with E-state index in [4.69, 9.17) is 10.5 Å². The van der Waals surface area contributed by atoms with E-state index in [1.54, 1.807) is 12.1 Å². The molecule has 0 spiro atoms. The molecule has 2 unspecified atom stereocenters. The molecule has 0 radical (unpaired) electrons. The van der Waals surface area contributed by atoms with Crippen molar-refractivity contribution in [2.24, 2.45) is 5.92 Å². The summed E-state index contributed by atoms with van der Waals surface area (Å²) in [5, 5.41) is 0. The Morgan fingerprint density at radius 2 is 2.16 bits per heavy atom. The van der Waals surface area contributed by atoms with E-state index in [1.807, 2.05) is 6.07 Å². The summed E-state index contributed by atoms with van der Waals surface area (Å²) in [5.41, 5.74) is 6.76. The van der Waals surface area contributed by atoms with Crippen molar-refractivity contribution < 1.29 is 9.53 Å². The first-order valence-electron chi connectivity index (χ1n) is 6.87. The molecule has 1 aromatic carbocycles. The van der Waals surface area contributed by atoms with Gasteiger partial charge in [-0.25, -0.2) is 4.79 Å². The molecule has 1 aromatic rings. The number of nitrogen functional groups attached to an aromatic ring is 1. The van der Waals surface area contributed by atoms with Crippen molar-refractivity contribution in [3.63, 3.8) is 0 Å². The van der Waals surface area contributed by atoms with Gasteiger partial charge in [-0.3, -0.25) is 0 Å².